The van der Waals surface area contributed by atoms with Gasteiger partial charge >= 0.3 is 0 Å². The zero-order valence-electron chi connectivity index (χ0n) is 4.27. The summed E-state index contributed by atoms with van der Waals surface area (Å²) in [5.74, 6) is 2.39. The van der Waals surface area contributed by atoms with Gasteiger partial charge in [0.25, 0.3) is 0 Å². The Labute approximate surface area is 43.3 Å². The van der Waals surface area contributed by atoms with Crippen molar-refractivity contribution in [3.05, 3.63) is 0 Å². The van der Waals surface area contributed by atoms with E-state index in [0.29, 0.717) is 0 Å². The Morgan fingerprint density at radius 1 is 1.50 bits per heavy atom. The lowest BCUT2D eigenvalue weighted by Gasteiger charge is -2.29. The smallest absolute Gasteiger partial charge is 0.00523 e. The summed E-state index contributed by atoms with van der Waals surface area (Å²) in [7, 11) is 0. The van der Waals surface area contributed by atoms with E-state index in [1.807, 2.05) is 0 Å². The molecule has 0 aromatic heterocycles. The SMILES string of the molecule is C[C@@H]1SC[C@@H]1C. The van der Waals surface area contributed by atoms with Gasteiger partial charge in [-0.1, -0.05) is 13.8 Å². The second kappa shape index (κ2) is 1.45. The number of rotatable bonds is 0. The molecule has 1 heterocycles. The number of thioether (sulfide) groups is 1. The van der Waals surface area contributed by atoms with Crippen LogP contribution in [0.3, 0.4) is 0 Å². The lowest BCUT2D eigenvalue weighted by Crippen LogP contribution is -2.23. The molecule has 0 saturated carbocycles. The first-order valence-corrected chi connectivity index (χ1v) is 3.47. The summed E-state index contributed by atoms with van der Waals surface area (Å²) in [6, 6.07) is 0. The summed E-state index contributed by atoms with van der Waals surface area (Å²) in [5, 5.41) is 0.949. The van der Waals surface area contributed by atoms with E-state index >= 15 is 0 Å². The van der Waals surface area contributed by atoms with E-state index in [-0.39, 0.29) is 0 Å². The van der Waals surface area contributed by atoms with Gasteiger partial charge in [-0.05, 0) is 11.7 Å². The van der Waals surface area contributed by atoms with Gasteiger partial charge in [-0.2, -0.15) is 11.8 Å². The molecule has 6 heavy (non-hydrogen) atoms. The highest BCUT2D eigenvalue weighted by molar-refractivity contribution is 8.01. The maximum atomic E-state index is 2.31. The molecule has 0 bridgehead atoms. The highest BCUT2D eigenvalue weighted by atomic mass is 32.2. The third kappa shape index (κ3) is 0.558. The standard InChI is InChI=1S/C5H10S/c1-4-3-6-5(4)2/h4-5H,3H2,1-2H3/t4-,5-/m0/s1. The van der Waals surface area contributed by atoms with Gasteiger partial charge in [0, 0.05) is 5.25 Å². The average Bonchev–Trinajstić information content (AvgIpc) is 1.61. The summed E-state index contributed by atoms with van der Waals surface area (Å²) < 4.78 is 0. The molecule has 1 rings (SSSR count). The van der Waals surface area contributed by atoms with Crippen molar-refractivity contribution in [3.8, 4) is 0 Å². The Balaban J connectivity index is 2.20. The minimum Gasteiger partial charge on any atom is -0.158 e. The van der Waals surface area contributed by atoms with E-state index in [1.165, 1.54) is 5.75 Å². The fraction of sp³-hybridized carbons (Fsp3) is 1.00. The van der Waals surface area contributed by atoms with Crippen LogP contribution in [0.15, 0.2) is 0 Å². The molecule has 0 N–H and O–H groups in total. The maximum Gasteiger partial charge on any atom is 0.00523 e. The normalized spacial score (nSPS) is 45.0. The van der Waals surface area contributed by atoms with Crippen molar-refractivity contribution in [2.45, 2.75) is 19.1 Å². The number of hydrogen-bond donors (Lipinski definition) is 0. The van der Waals surface area contributed by atoms with Crippen molar-refractivity contribution in [2.24, 2.45) is 5.92 Å². The van der Waals surface area contributed by atoms with Gasteiger partial charge in [-0.25, -0.2) is 0 Å². The molecule has 1 saturated heterocycles. The van der Waals surface area contributed by atoms with Crippen molar-refractivity contribution in [3.63, 3.8) is 0 Å². The van der Waals surface area contributed by atoms with Crippen molar-refractivity contribution >= 4 is 11.8 Å². The molecule has 0 aliphatic carbocycles. The van der Waals surface area contributed by atoms with Gasteiger partial charge in [0.05, 0.1) is 0 Å². The van der Waals surface area contributed by atoms with Gasteiger partial charge in [-0.15, -0.1) is 0 Å². The zero-order valence-corrected chi connectivity index (χ0v) is 5.09. The maximum absolute atomic E-state index is 2.31. The Bertz CT molecular complexity index is 43.9. The van der Waals surface area contributed by atoms with Crippen molar-refractivity contribution in [2.75, 3.05) is 5.75 Å². The first-order valence-electron chi connectivity index (χ1n) is 2.42. The molecule has 0 radical (unpaired) electrons. The minimum atomic E-state index is 0.949. The van der Waals surface area contributed by atoms with Crippen LogP contribution >= 0.6 is 11.8 Å². The van der Waals surface area contributed by atoms with Gasteiger partial charge in [-0.3, -0.25) is 0 Å². The van der Waals surface area contributed by atoms with Gasteiger partial charge in [0.1, 0.15) is 0 Å². The first-order chi connectivity index (χ1) is 2.80. The largest absolute Gasteiger partial charge is 0.158 e. The summed E-state index contributed by atoms with van der Waals surface area (Å²) in [6.07, 6.45) is 0. The van der Waals surface area contributed by atoms with Crippen molar-refractivity contribution in [1.29, 1.82) is 0 Å². The van der Waals surface area contributed by atoms with E-state index in [1.54, 1.807) is 0 Å². The van der Waals surface area contributed by atoms with E-state index < -0.39 is 0 Å². The molecule has 0 nitrogen and oxygen atoms in total. The van der Waals surface area contributed by atoms with Crippen molar-refractivity contribution < 1.29 is 0 Å². The number of hydrogen-bond acceptors (Lipinski definition) is 1. The highest BCUT2D eigenvalue weighted by Crippen LogP contribution is 2.32. The molecule has 1 aliphatic heterocycles. The molecule has 2 atom stereocenters. The van der Waals surface area contributed by atoms with E-state index in [4.69, 9.17) is 0 Å². The Hall–Kier alpha value is 0.350. The second-order valence-corrected chi connectivity index (χ2v) is 3.43. The molecule has 0 unspecified atom stereocenters. The van der Waals surface area contributed by atoms with E-state index in [9.17, 15) is 0 Å². The fourth-order valence-electron chi connectivity index (χ4n) is 0.481. The monoisotopic (exact) mass is 102 g/mol. The lowest BCUT2D eigenvalue weighted by molar-refractivity contribution is 0.610. The first kappa shape index (κ1) is 4.51. The highest BCUT2D eigenvalue weighted by Gasteiger charge is 2.21. The predicted octanol–water partition coefficient (Wildman–Crippen LogP) is 1.76. The predicted molar refractivity (Wildman–Crippen MR) is 31.1 cm³/mol. The molecule has 0 amide bonds. The van der Waals surface area contributed by atoms with Crippen LogP contribution in [-0.2, 0) is 0 Å². The zero-order chi connectivity index (χ0) is 4.57. The lowest BCUT2D eigenvalue weighted by atomic mass is 10.1. The molecular formula is C5H10S. The summed E-state index contributed by atoms with van der Waals surface area (Å²) in [5.41, 5.74) is 0. The van der Waals surface area contributed by atoms with Crippen LogP contribution in [0.1, 0.15) is 13.8 Å². The van der Waals surface area contributed by atoms with Crippen LogP contribution in [0, 0.1) is 5.92 Å². The molecule has 1 heteroatoms. The van der Waals surface area contributed by atoms with Gasteiger partial charge in [0.2, 0.25) is 0 Å². The Morgan fingerprint density at radius 3 is 2.00 bits per heavy atom. The van der Waals surface area contributed by atoms with Crippen LogP contribution in [-0.4, -0.2) is 11.0 Å². The van der Waals surface area contributed by atoms with Gasteiger partial charge < -0.3 is 0 Å². The summed E-state index contributed by atoms with van der Waals surface area (Å²) in [6.45, 7) is 4.60. The van der Waals surface area contributed by atoms with Gasteiger partial charge in [0.15, 0.2) is 0 Å². The van der Waals surface area contributed by atoms with Crippen molar-refractivity contribution in [1.82, 2.24) is 0 Å². The molecule has 0 spiro atoms. The van der Waals surface area contributed by atoms with Crippen LogP contribution < -0.4 is 0 Å². The molecule has 1 aliphatic rings. The quantitative estimate of drug-likeness (QED) is 0.449. The third-order valence-corrected chi connectivity index (χ3v) is 3.13. The van der Waals surface area contributed by atoms with E-state index in [0.717, 1.165) is 11.2 Å². The topological polar surface area (TPSA) is 0 Å². The third-order valence-electron chi connectivity index (χ3n) is 1.42. The van der Waals surface area contributed by atoms with Crippen LogP contribution in [0.2, 0.25) is 0 Å². The Morgan fingerprint density at radius 2 is 2.00 bits per heavy atom. The fourth-order valence-corrected chi connectivity index (χ4v) is 1.44. The summed E-state index contributed by atoms with van der Waals surface area (Å²) in [4.78, 5) is 0. The summed E-state index contributed by atoms with van der Waals surface area (Å²) >= 11 is 2.07. The molecule has 0 aromatic carbocycles. The molecular weight excluding hydrogens is 92.1 g/mol. The second-order valence-electron chi connectivity index (χ2n) is 2.02. The molecule has 36 valence electrons. The molecule has 0 aromatic rings. The average molecular weight is 102 g/mol. The van der Waals surface area contributed by atoms with Crippen LogP contribution in [0.5, 0.6) is 0 Å². The Kier molecular flexibility index (Phi) is 1.09. The minimum absolute atomic E-state index is 0.949. The van der Waals surface area contributed by atoms with E-state index in [2.05, 4.69) is 25.6 Å². The van der Waals surface area contributed by atoms with Crippen LogP contribution in [0.25, 0.3) is 0 Å². The molecule has 1 fully saturated rings. The van der Waals surface area contributed by atoms with Crippen LogP contribution in [0.4, 0.5) is 0 Å².